The lowest BCUT2D eigenvalue weighted by Gasteiger charge is -2.07. The number of rotatable bonds is 6. The topological polar surface area (TPSA) is 56.1 Å². The fourth-order valence-electron chi connectivity index (χ4n) is 1.40. The Kier molecular flexibility index (Phi) is 5.62. The Morgan fingerprint density at radius 2 is 2.22 bits per heavy atom. The van der Waals surface area contributed by atoms with Crippen molar-refractivity contribution in [1.29, 1.82) is 0 Å². The molecular weight excluding hydrogens is 254 g/mol. The molecule has 0 aliphatic heterocycles. The first kappa shape index (κ1) is 15.0. The molecule has 0 atom stereocenters. The minimum absolute atomic E-state index is 0.216. The van der Waals surface area contributed by atoms with Gasteiger partial charge in [0.1, 0.15) is 0 Å². The molecule has 1 aromatic heterocycles. The number of nitrogens with one attached hydrogen (secondary N) is 1. The van der Waals surface area contributed by atoms with Gasteiger partial charge in [0.25, 0.3) is 5.91 Å². The Morgan fingerprint density at radius 3 is 2.72 bits per heavy atom. The molecule has 0 radical (unpaired) electrons. The van der Waals surface area contributed by atoms with Crippen molar-refractivity contribution in [2.75, 3.05) is 13.2 Å². The van der Waals surface area contributed by atoms with Crippen molar-refractivity contribution >= 4 is 17.5 Å². The first-order chi connectivity index (χ1) is 8.43. The van der Waals surface area contributed by atoms with Crippen molar-refractivity contribution < 1.29 is 9.53 Å². The van der Waals surface area contributed by atoms with E-state index in [0.717, 1.165) is 12.1 Å². The van der Waals surface area contributed by atoms with Gasteiger partial charge in [0.05, 0.1) is 16.8 Å². The van der Waals surface area contributed by atoms with Gasteiger partial charge in [-0.25, -0.2) is 0 Å². The molecule has 1 amide bonds. The number of aromatic nitrogens is 2. The first-order valence-electron chi connectivity index (χ1n) is 6.02. The summed E-state index contributed by atoms with van der Waals surface area (Å²) in [5.74, 6) is -0.242. The minimum Gasteiger partial charge on any atom is -0.379 e. The zero-order valence-corrected chi connectivity index (χ0v) is 12.0. The van der Waals surface area contributed by atoms with Crippen molar-refractivity contribution in [2.24, 2.45) is 7.05 Å². The second-order valence-electron chi connectivity index (χ2n) is 4.40. The number of ether oxygens (including phenoxy) is 1. The number of hydrogen-bond donors (Lipinski definition) is 1. The summed E-state index contributed by atoms with van der Waals surface area (Å²) in [4.78, 5) is 11.8. The van der Waals surface area contributed by atoms with E-state index in [-0.39, 0.29) is 17.7 Å². The Hall–Kier alpha value is -1.07. The van der Waals surface area contributed by atoms with E-state index in [1.165, 1.54) is 0 Å². The fourth-order valence-corrected chi connectivity index (χ4v) is 1.65. The summed E-state index contributed by atoms with van der Waals surface area (Å²) in [6, 6.07) is 0. The highest BCUT2D eigenvalue weighted by Gasteiger charge is 2.17. The predicted molar refractivity (Wildman–Crippen MR) is 71.0 cm³/mol. The maximum atomic E-state index is 11.8. The SMILES string of the molecule is Cc1c(Cl)c(C(=O)NCCCOC(C)C)nn1C. The Morgan fingerprint density at radius 1 is 1.56 bits per heavy atom. The van der Waals surface area contributed by atoms with Crippen LogP contribution in [0.25, 0.3) is 0 Å². The lowest BCUT2D eigenvalue weighted by Crippen LogP contribution is -2.26. The third-order valence-corrected chi connectivity index (χ3v) is 2.99. The number of nitrogens with zero attached hydrogens (tertiary/aromatic N) is 2. The number of amides is 1. The van der Waals surface area contributed by atoms with Crippen LogP contribution in [0.1, 0.15) is 36.5 Å². The quantitative estimate of drug-likeness (QED) is 0.806. The molecule has 0 bridgehead atoms. The second-order valence-corrected chi connectivity index (χ2v) is 4.78. The van der Waals surface area contributed by atoms with Gasteiger partial charge in [-0.15, -0.1) is 0 Å². The standard InChI is InChI=1S/C12H20ClN3O2/c1-8(2)18-7-5-6-14-12(17)11-10(13)9(3)16(4)15-11/h8H,5-7H2,1-4H3,(H,14,17). The molecule has 0 unspecified atom stereocenters. The largest absolute Gasteiger partial charge is 0.379 e. The minimum atomic E-state index is -0.242. The third-order valence-electron chi connectivity index (χ3n) is 2.53. The van der Waals surface area contributed by atoms with Crippen molar-refractivity contribution in [3.05, 3.63) is 16.4 Å². The zero-order chi connectivity index (χ0) is 13.7. The lowest BCUT2D eigenvalue weighted by molar-refractivity contribution is 0.0756. The highest BCUT2D eigenvalue weighted by molar-refractivity contribution is 6.34. The van der Waals surface area contributed by atoms with Crippen molar-refractivity contribution in [2.45, 2.75) is 33.3 Å². The van der Waals surface area contributed by atoms with Crippen LogP contribution in [0.15, 0.2) is 0 Å². The summed E-state index contributed by atoms with van der Waals surface area (Å²) in [5.41, 5.74) is 1.06. The molecule has 102 valence electrons. The summed E-state index contributed by atoms with van der Waals surface area (Å²) in [6.45, 7) is 6.97. The molecule has 1 rings (SSSR count). The second kappa shape index (κ2) is 6.75. The number of aryl methyl sites for hydroxylation is 1. The van der Waals surface area contributed by atoms with Crippen molar-refractivity contribution in [3.8, 4) is 0 Å². The van der Waals surface area contributed by atoms with E-state index in [2.05, 4.69) is 10.4 Å². The first-order valence-corrected chi connectivity index (χ1v) is 6.40. The molecule has 18 heavy (non-hydrogen) atoms. The monoisotopic (exact) mass is 273 g/mol. The number of halogens is 1. The average molecular weight is 274 g/mol. The Labute approximate surface area is 112 Å². The van der Waals surface area contributed by atoms with Crippen LogP contribution in [-0.4, -0.2) is 34.9 Å². The average Bonchev–Trinajstić information content (AvgIpc) is 2.56. The van der Waals surface area contributed by atoms with Crippen LogP contribution in [-0.2, 0) is 11.8 Å². The molecule has 0 aliphatic rings. The van der Waals surface area contributed by atoms with Gasteiger partial charge >= 0.3 is 0 Å². The number of carbonyl (C=O) groups excluding carboxylic acids is 1. The molecule has 1 aromatic rings. The van der Waals surface area contributed by atoms with Crippen LogP contribution < -0.4 is 5.32 Å². The molecule has 1 heterocycles. The van der Waals surface area contributed by atoms with Crippen LogP contribution in [0, 0.1) is 6.92 Å². The molecule has 0 aromatic carbocycles. The predicted octanol–water partition coefficient (Wildman–Crippen LogP) is 1.93. The molecular formula is C12H20ClN3O2. The summed E-state index contributed by atoms with van der Waals surface area (Å²) in [5, 5.41) is 7.26. The summed E-state index contributed by atoms with van der Waals surface area (Å²) >= 11 is 6.02. The third kappa shape index (κ3) is 3.99. The molecule has 6 heteroatoms. The Balaban J connectivity index is 2.39. The van der Waals surface area contributed by atoms with Gasteiger partial charge in [0.15, 0.2) is 5.69 Å². The van der Waals surface area contributed by atoms with Gasteiger partial charge < -0.3 is 10.1 Å². The number of hydrogen-bond acceptors (Lipinski definition) is 3. The van der Waals surface area contributed by atoms with Crippen LogP contribution in [0.2, 0.25) is 5.02 Å². The molecule has 0 saturated carbocycles. The van der Waals surface area contributed by atoms with Gasteiger partial charge in [-0.1, -0.05) is 11.6 Å². The van der Waals surface area contributed by atoms with Crippen molar-refractivity contribution in [3.63, 3.8) is 0 Å². The van der Waals surface area contributed by atoms with Crippen LogP contribution >= 0.6 is 11.6 Å². The highest BCUT2D eigenvalue weighted by atomic mass is 35.5. The summed E-state index contributed by atoms with van der Waals surface area (Å²) in [7, 11) is 1.76. The molecule has 0 fully saturated rings. The molecule has 0 saturated heterocycles. The van der Waals surface area contributed by atoms with E-state index in [0.29, 0.717) is 18.2 Å². The summed E-state index contributed by atoms with van der Waals surface area (Å²) < 4.78 is 6.98. The maximum absolute atomic E-state index is 11.8. The maximum Gasteiger partial charge on any atom is 0.273 e. The zero-order valence-electron chi connectivity index (χ0n) is 11.3. The lowest BCUT2D eigenvalue weighted by atomic mass is 10.3. The van der Waals surface area contributed by atoms with Crippen LogP contribution in [0.4, 0.5) is 0 Å². The van der Waals surface area contributed by atoms with Crippen molar-refractivity contribution in [1.82, 2.24) is 15.1 Å². The normalized spacial score (nSPS) is 11.0. The highest BCUT2D eigenvalue weighted by Crippen LogP contribution is 2.18. The van der Waals surface area contributed by atoms with Crippen LogP contribution in [0.5, 0.6) is 0 Å². The fraction of sp³-hybridized carbons (Fsp3) is 0.667. The van der Waals surface area contributed by atoms with E-state index in [9.17, 15) is 4.79 Å². The smallest absolute Gasteiger partial charge is 0.273 e. The van der Waals surface area contributed by atoms with E-state index < -0.39 is 0 Å². The Bertz CT molecular complexity index is 416. The molecule has 5 nitrogen and oxygen atoms in total. The molecule has 0 spiro atoms. The van der Waals surface area contributed by atoms with Gasteiger partial charge in [0, 0.05) is 20.2 Å². The van der Waals surface area contributed by atoms with Gasteiger partial charge in [-0.2, -0.15) is 5.10 Å². The molecule has 0 aliphatic carbocycles. The van der Waals surface area contributed by atoms with E-state index in [1.54, 1.807) is 11.7 Å². The van der Waals surface area contributed by atoms with Gasteiger partial charge in [-0.3, -0.25) is 9.48 Å². The van der Waals surface area contributed by atoms with E-state index in [4.69, 9.17) is 16.3 Å². The van der Waals surface area contributed by atoms with Gasteiger partial charge in [-0.05, 0) is 27.2 Å². The summed E-state index contributed by atoms with van der Waals surface area (Å²) in [6.07, 6.45) is 0.987. The van der Waals surface area contributed by atoms with E-state index in [1.807, 2.05) is 20.8 Å². The number of carbonyl (C=O) groups is 1. The van der Waals surface area contributed by atoms with Crippen LogP contribution in [0.3, 0.4) is 0 Å². The van der Waals surface area contributed by atoms with E-state index >= 15 is 0 Å². The molecule has 1 N–H and O–H groups in total. The van der Waals surface area contributed by atoms with Gasteiger partial charge in [0.2, 0.25) is 0 Å².